The molecule has 2 aliphatic rings. The molecule has 0 bridgehead atoms. The summed E-state index contributed by atoms with van der Waals surface area (Å²) < 4.78 is 42.1. The van der Waals surface area contributed by atoms with Crippen LogP contribution < -0.4 is 19.8 Å². The molecule has 6 nitrogen and oxygen atoms in total. The second kappa shape index (κ2) is 10.8. The van der Waals surface area contributed by atoms with E-state index in [4.69, 9.17) is 32.7 Å². The van der Waals surface area contributed by atoms with Crippen molar-refractivity contribution in [3.8, 4) is 11.5 Å². The summed E-state index contributed by atoms with van der Waals surface area (Å²) in [5, 5.41) is 3.91. The highest BCUT2D eigenvalue weighted by Gasteiger charge is 2.29. The van der Waals surface area contributed by atoms with Crippen LogP contribution in [-0.2, 0) is 16.0 Å². The lowest BCUT2D eigenvalue weighted by molar-refractivity contribution is -0.377. The predicted octanol–water partition coefficient (Wildman–Crippen LogP) is 4.78. The summed E-state index contributed by atoms with van der Waals surface area (Å²) in [6.45, 7) is -1.83. The van der Waals surface area contributed by atoms with Crippen molar-refractivity contribution >= 4 is 29.2 Å². The van der Waals surface area contributed by atoms with Gasteiger partial charge in [0.25, 0.3) is 0 Å². The number of nitrogens with one attached hydrogen (secondary N) is 2. The van der Waals surface area contributed by atoms with E-state index in [0.717, 1.165) is 25.8 Å². The standard InChI is InChI=1S/C23H24Cl2F2N2O4/c24-16-10-28-11-17(25)15(16)9-20(32-22(30)18-2-1-7-29-18)14-5-6-19(33-23(26)27)21(8-14)31-12-13-3-4-13/h5-6,8,10-11,13,18,20,23,29H,1-4,7,9,12H2/p+1/t18-,20+/m1/s1. The summed E-state index contributed by atoms with van der Waals surface area (Å²) in [6.07, 6.45) is 6.26. The Morgan fingerprint density at radius 2 is 1.91 bits per heavy atom. The molecule has 2 atom stereocenters. The number of pyridine rings is 1. The molecule has 1 aromatic carbocycles. The predicted molar refractivity (Wildman–Crippen MR) is 118 cm³/mol. The fourth-order valence-electron chi connectivity index (χ4n) is 3.72. The van der Waals surface area contributed by atoms with Crippen LogP contribution in [0.5, 0.6) is 11.5 Å². The Balaban J connectivity index is 1.63. The third kappa shape index (κ3) is 6.46. The van der Waals surface area contributed by atoms with Crippen LogP contribution in [0.2, 0.25) is 10.0 Å². The first-order chi connectivity index (χ1) is 15.9. The first kappa shape index (κ1) is 24.0. The van der Waals surface area contributed by atoms with E-state index in [1.807, 2.05) is 0 Å². The van der Waals surface area contributed by atoms with Gasteiger partial charge in [-0.1, -0.05) is 29.3 Å². The number of hydrogen-bond donors (Lipinski definition) is 1. The van der Waals surface area contributed by atoms with Crippen molar-refractivity contribution in [3.05, 3.63) is 51.8 Å². The second-order valence-corrected chi connectivity index (χ2v) is 9.06. The zero-order chi connectivity index (χ0) is 23.4. The summed E-state index contributed by atoms with van der Waals surface area (Å²) in [4.78, 5) is 15.6. The van der Waals surface area contributed by atoms with Gasteiger partial charge in [-0.05, 0) is 55.8 Å². The smallest absolute Gasteiger partial charge is 0.387 e. The number of carbonyl (C=O) groups excluding carboxylic acids is 1. The number of aromatic nitrogens is 1. The number of aromatic amines is 1. The number of benzene rings is 1. The molecule has 2 aromatic rings. The van der Waals surface area contributed by atoms with Crippen LogP contribution in [0.3, 0.4) is 0 Å². The molecule has 0 unspecified atom stereocenters. The Morgan fingerprint density at radius 1 is 1.15 bits per heavy atom. The molecule has 2 heterocycles. The van der Waals surface area contributed by atoms with Crippen molar-refractivity contribution in [1.29, 1.82) is 0 Å². The fourth-order valence-corrected chi connectivity index (χ4v) is 4.25. The molecule has 1 saturated carbocycles. The van der Waals surface area contributed by atoms with Crippen molar-refractivity contribution in [3.63, 3.8) is 0 Å². The minimum atomic E-state index is -2.99. The molecular formula is C23H25Cl2F2N2O4+. The van der Waals surface area contributed by atoms with E-state index in [1.54, 1.807) is 24.5 Å². The summed E-state index contributed by atoms with van der Waals surface area (Å²) in [6, 6.07) is 4.17. The highest BCUT2D eigenvalue weighted by atomic mass is 35.5. The van der Waals surface area contributed by atoms with Gasteiger partial charge in [0.1, 0.15) is 22.2 Å². The van der Waals surface area contributed by atoms with Crippen molar-refractivity contribution in [2.75, 3.05) is 13.2 Å². The maximum absolute atomic E-state index is 12.9. The van der Waals surface area contributed by atoms with E-state index in [9.17, 15) is 13.6 Å². The summed E-state index contributed by atoms with van der Waals surface area (Å²) >= 11 is 12.7. The van der Waals surface area contributed by atoms with Crippen LogP contribution in [-0.4, -0.2) is 31.8 Å². The first-order valence-corrected chi connectivity index (χ1v) is 11.7. The van der Waals surface area contributed by atoms with E-state index in [1.165, 1.54) is 6.07 Å². The van der Waals surface area contributed by atoms with E-state index < -0.39 is 18.8 Å². The van der Waals surface area contributed by atoms with Crippen LogP contribution in [0.15, 0.2) is 30.6 Å². The molecule has 0 spiro atoms. The minimum absolute atomic E-state index is 0.0673. The number of ether oxygens (including phenoxy) is 3. The number of carbonyl (C=O) groups is 1. The Labute approximate surface area is 200 Å². The number of esters is 1. The molecule has 2 fully saturated rings. The highest BCUT2D eigenvalue weighted by Crippen LogP contribution is 2.37. The van der Waals surface area contributed by atoms with Crippen LogP contribution in [0.1, 0.15) is 42.9 Å². The fraction of sp³-hybridized carbons (Fsp3) is 0.478. The van der Waals surface area contributed by atoms with Gasteiger partial charge in [0.15, 0.2) is 23.9 Å². The largest absolute Gasteiger partial charge is 0.489 e. The quantitative estimate of drug-likeness (QED) is 0.474. The van der Waals surface area contributed by atoms with Gasteiger partial charge in [-0.2, -0.15) is 8.78 Å². The van der Waals surface area contributed by atoms with Gasteiger partial charge < -0.3 is 19.5 Å². The van der Waals surface area contributed by atoms with Crippen molar-refractivity contribution in [1.82, 2.24) is 5.32 Å². The topological polar surface area (TPSA) is 70.9 Å². The van der Waals surface area contributed by atoms with Crippen LogP contribution >= 0.6 is 23.2 Å². The summed E-state index contributed by atoms with van der Waals surface area (Å²) in [7, 11) is 0. The van der Waals surface area contributed by atoms with E-state index in [2.05, 4.69) is 15.0 Å². The minimum Gasteiger partial charge on any atom is -0.489 e. The zero-order valence-electron chi connectivity index (χ0n) is 17.8. The van der Waals surface area contributed by atoms with E-state index in [0.29, 0.717) is 40.1 Å². The maximum Gasteiger partial charge on any atom is 0.387 e. The first-order valence-electron chi connectivity index (χ1n) is 10.9. The molecule has 0 radical (unpaired) electrons. The van der Waals surface area contributed by atoms with Gasteiger partial charge in [-0.25, -0.2) is 4.98 Å². The average molecular weight is 502 g/mol. The van der Waals surface area contributed by atoms with Gasteiger partial charge in [-0.3, -0.25) is 4.79 Å². The molecule has 4 rings (SSSR count). The van der Waals surface area contributed by atoms with Crippen LogP contribution in [0, 0.1) is 5.92 Å². The van der Waals surface area contributed by atoms with E-state index >= 15 is 0 Å². The van der Waals surface area contributed by atoms with Crippen molar-refractivity contribution in [2.24, 2.45) is 5.92 Å². The van der Waals surface area contributed by atoms with Gasteiger partial charge >= 0.3 is 12.6 Å². The molecule has 0 amide bonds. The molecule has 1 saturated heterocycles. The summed E-state index contributed by atoms with van der Waals surface area (Å²) in [5.74, 6) is 0.134. The van der Waals surface area contributed by atoms with Gasteiger partial charge in [0.2, 0.25) is 0 Å². The summed E-state index contributed by atoms with van der Waals surface area (Å²) in [5.41, 5.74) is 1.16. The monoisotopic (exact) mass is 501 g/mol. The highest BCUT2D eigenvalue weighted by molar-refractivity contribution is 6.35. The number of rotatable bonds is 10. The molecule has 1 aliphatic heterocycles. The van der Waals surface area contributed by atoms with Crippen molar-refractivity contribution in [2.45, 2.75) is 50.9 Å². The third-order valence-corrected chi connectivity index (χ3v) is 6.39. The molecule has 33 heavy (non-hydrogen) atoms. The Morgan fingerprint density at radius 3 is 2.55 bits per heavy atom. The maximum atomic E-state index is 12.9. The molecule has 1 aromatic heterocycles. The second-order valence-electron chi connectivity index (χ2n) is 8.25. The number of halogens is 4. The van der Waals surface area contributed by atoms with Gasteiger partial charge in [-0.15, -0.1) is 0 Å². The molecular weight excluding hydrogens is 477 g/mol. The lowest BCUT2D eigenvalue weighted by atomic mass is 10.0. The Hall–Kier alpha value is -2.16. The van der Waals surface area contributed by atoms with Gasteiger partial charge in [0.05, 0.1) is 6.61 Å². The number of H-pyrrole nitrogens is 1. The lowest BCUT2D eigenvalue weighted by Crippen LogP contribution is -2.33. The molecule has 1 aliphatic carbocycles. The van der Waals surface area contributed by atoms with Crippen LogP contribution in [0.4, 0.5) is 8.78 Å². The molecule has 10 heteroatoms. The SMILES string of the molecule is O=C(O[C@@H](Cc1c(Cl)c[nH+]cc1Cl)c1ccc(OC(F)F)c(OCC2CC2)c1)[C@H]1CCCN1. The molecule has 178 valence electrons. The van der Waals surface area contributed by atoms with Crippen LogP contribution in [0.25, 0.3) is 0 Å². The number of hydrogen-bond acceptors (Lipinski definition) is 5. The zero-order valence-corrected chi connectivity index (χ0v) is 19.3. The van der Waals surface area contributed by atoms with E-state index in [-0.39, 0.29) is 23.9 Å². The van der Waals surface area contributed by atoms with Crippen molar-refractivity contribution < 1.29 is 32.8 Å². The van der Waals surface area contributed by atoms with Gasteiger partial charge in [0, 0.05) is 12.0 Å². The Kier molecular flexibility index (Phi) is 7.88. The number of alkyl halides is 2. The Bertz CT molecular complexity index is 965. The third-order valence-electron chi connectivity index (χ3n) is 5.72. The average Bonchev–Trinajstić information content (AvgIpc) is 3.44. The normalized spacial score (nSPS) is 18.9. The molecule has 2 N–H and O–H groups in total. The lowest BCUT2D eigenvalue weighted by Gasteiger charge is -2.22.